The van der Waals surface area contributed by atoms with Crippen molar-refractivity contribution in [1.29, 1.82) is 0 Å². The van der Waals surface area contributed by atoms with Gasteiger partial charge in [-0.3, -0.25) is 14.3 Å². The van der Waals surface area contributed by atoms with Gasteiger partial charge in [0, 0.05) is 29.4 Å². The molecule has 0 saturated heterocycles. The minimum absolute atomic E-state index is 0.0109. The van der Waals surface area contributed by atoms with Crippen LogP contribution in [-0.4, -0.2) is 36.8 Å². The summed E-state index contributed by atoms with van der Waals surface area (Å²) in [5, 5.41) is 14.6. The molecule has 4 rings (SSSR count). The van der Waals surface area contributed by atoms with Crippen LogP contribution in [0.5, 0.6) is 0 Å². The van der Waals surface area contributed by atoms with Crippen LogP contribution in [0.25, 0.3) is 5.69 Å². The number of thioether (sulfide) groups is 2. The Kier molecular flexibility index (Phi) is 4.30. The van der Waals surface area contributed by atoms with Gasteiger partial charge in [0.15, 0.2) is 10.7 Å². The summed E-state index contributed by atoms with van der Waals surface area (Å²) >= 11 is 3.16. The van der Waals surface area contributed by atoms with Crippen molar-refractivity contribution in [2.75, 3.05) is 5.75 Å². The number of amides is 1. The van der Waals surface area contributed by atoms with Crippen molar-refractivity contribution in [2.24, 2.45) is 0 Å². The highest BCUT2D eigenvalue weighted by Gasteiger charge is 2.29. The largest absolute Gasteiger partial charge is 0.359 e. The fourth-order valence-corrected chi connectivity index (χ4v) is 4.48. The van der Waals surface area contributed by atoms with Gasteiger partial charge in [0.05, 0.1) is 0 Å². The first-order chi connectivity index (χ1) is 12.1. The SMILES string of the molecule is Cc1ccc(-n2c(C)nnc2SCC2=CC(=O)N3C=CS[C@H]3N2)cc1. The van der Waals surface area contributed by atoms with Crippen molar-refractivity contribution in [3.63, 3.8) is 0 Å². The number of nitrogens with zero attached hydrogens (tertiary/aromatic N) is 4. The van der Waals surface area contributed by atoms with Gasteiger partial charge < -0.3 is 5.32 Å². The van der Waals surface area contributed by atoms with E-state index in [0.29, 0.717) is 5.75 Å². The number of carbonyl (C=O) groups excluding carboxylic acids is 1. The highest BCUT2D eigenvalue weighted by atomic mass is 32.2. The van der Waals surface area contributed by atoms with E-state index >= 15 is 0 Å². The Morgan fingerprint density at radius 1 is 1.24 bits per heavy atom. The van der Waals surface area contributed by atoms with Crippen molar-refractivity contribution in [3.8, 4) is 5.69 Å². The zero-order valence-corrected chi connectivity index (χ0v) is 15.5. The number of benzene rings is 1. The Morgan fingerprint density at radius 3 is 2.84 bits per heavy atom. The zero-order valence-electron chi connectivity index (χ0n) is 13.8. The van der Waals surface area contributed by atoms with E-state index in [1.165, 1.54) is 5.56 Å². The molecule has 1 N–H and O–H groups in total. The minimum atomic E-state index is -0.0372. The lowest BCUT2D eigenvalue weighted by Crippen LogP contribution is -2.45. The fourth-order valence-electron chi connectivity index (χ4n) is 2.69. The monoisotopic (exact) mass is 371 g/mol. The normalized spacial score (nSPS) is 19.0. The molecule has 8 heteroatoms. The number of hydrogen-bond acceptors (Lipinski definition) is 6. The molecule has 1 atom stereocenters. The number of aromatic nitrogens is 3. The molecular weight excluding hydrogens is 354 g/mol. The van der Waals surface area contributed by atoms with E-state index in [1.54, 1.807) is 34.5 Å². The maximum Gasteiger partial charge on any atom is 0.254 e. The van der Waals surface area contributed by atoms with Gasteiger partial charge in [-0.25, -0.2) is 0 Å². The lowest BCUT2D eigenvalue weighted by molar-refractivity contribution is -0.124. The number of hydrogen-bond donors (Lipinski definition) is 1. The van der Waals surface area contributed by atoms with Crippen LogP contribution in [0, 0.1) is 13.8 Å². The summed E-state index contributed by atoms with van der Waals surface area (Å²) < 4.78 is 2.04. The molecule has 0 fully saturated rings. The fraction of sp³-hybridized carbons (Fsp3) is 0.235. The molecule has 0 bridgehead atoms. The molecule has 2 aliphatic heterocycles. The van der Waals surface area contributed by atoms with Crippen LogP contribution >= 0.6 is 23.5 Å². The molecule has 0 spiro atoms. The first-order valence-electron chi connectivity index (χ1n) is 7.85. The molecule has 25 heavy (non-hydrogen) atoms. The van der Waals surface area contributed by atoms with Gasteiger partial charge in [0.1, 0.15) is 5.82 Å². The smallest absolute Gasteiger partial charge is 0.254 e. The molecule has 0 aliphatic carbocycles. The Bertz CT molecular complexity index is 872. The van der Waals surface area contributed by atoms with Gasteiger partial charge in [-0.05, 0) is 31.4 Å². The van der Waals surface area contributed by atoms with Crippen LogP contribution < -0.4 is 5.32 Å². The average Bonchev–Trinajstić information content (AvgIpc) is 3.21. The van der Waals surface area contributed by atoms with Crippen LogP contribution in [0.1, 0.15) is 11.4 Å². The summed E-state index contributed by atoms with van der Waals surface area (Å²) in [4.78, 5) is 13.8. The quantitative estimate of drug-likeness (QED) is 0.834. The molecule has 0 saturated carbocycles. The predicted molar refractivity (Wildman–Crippen MR) is 100 cm³/mol. The van der Waals surface area contributed by atoms with E-state index in [1.807, 2.05) is 23.1 Å². The molecular formula is C17H17N5OS2. The Morgan fingerprint density at radius 2 is 2.04 bits per heavy atom. The van der Waals surface area contributed by atoms with E-state index in [0.717, 1.165) is 22.4 Å². The molecule has 128 valence electrons. The van der Waals surface area contributed by atoms with Crippen LogP contribution in [0.2, 0.25) is 0 Å². The van der Waals surface area contributed by atoms with E-state index < -0.39 is 0 Å². The standard InChI is InChI=1S/C17H17N5OS2/c1-11-3-5-14(6-4-11)22-12(2)19-20-17(22)25-10-13-9-15(23)21-7-8-24-16(21)18-13/h3-9,16,18H,10H2,1-2H3/t16-/m0/s1. The predicted octanol–water partition coefficient (Wildman–Crippen LogP) is 2.79. The minimum Gasteiger partial charge on any atom is -0.359 e. The van der Waals surface area contributed by atoms with Gasteiger partial charge in [0.2, 0.25) is 0 Å². The van der Waals surface area contributed by atoms with Crippen LogP contribution in [0.3, 0.4) is 0 Å². The second-order valence-corrected chi connectivity index (χ2v) is 7.76. The molecule has 2 aliphatic rings. The van der Waals surface area contributed by atoms with Crippen molar-refractivity contribution >= 4 is 29.4 Å². The summed E-state index contributed by atoms with van der Waals surface area (Å²) in [5.41, 5.74) is 3.12. The summed E-state index contributed by atoms with van der Waals surface area (Å²) in [5.74, 6) is 1.49. The maximum atomic E-state index is 12.1. The number of nitrogens with one attached hydrogen (secondary N) is 1. The van der Waals surface area contributed by atoms with Gasteiger partial charge in [-0.1, -0.05) is 41.2 Å². The number of fused-ring (bicyclic) bond motifs is 1. The lowest BCUT2D eigenvalue weighted by atomic mass is 10.2. The molecule has 6 nitrogen and oxygen atoms in total. The molecule has 1 aromatic heterocycles. The zero-order chi connectivity index (χ0) is 17.4. The number of carbonyl (C=O) groups is 1. The molecule has 0 radical (unpaired) electrons. The average molecular weight is 371 g/mol. The van der Waals surface area contributed by atoms with Crippen molar-refractivity contribution in [3.05, 3.63) is 59.0 Å². The van der Waals surface area contributed by atoms with Crippen LogP contribution in [-0.2, 0) is 4.79 Å². The summed E-state index contributed by atoms with van der Waals surface area (Å²) in [6.07, 6.45) is 3.46. The van der Waals surface area contributed by atoms with E-state index in [4.69, 9.17) is 0 Å². The van der Waals surface area contributed by atoms with Crippen LogP contribution in [0.4, 0.5) is 0 Å². The van der Waals surface area contributed by atoms with E-state index in [2.05, 4.69) is 46.7 Å². The van der Waals surface area contributed by atoms with Gasteiger partial charge in [0.25, 0.3) is 5.91 Å². The molecule has 1 amide bonds. The number of aryl methyl sites for hydroxylation is 2. The highest BCUT2D eigenvalue weighted by molar-refractivity contribution is 8.02. The Labute approximate surface area is 154 Å². The highest BCUT2D eigenvalue weighted by Crippen LogP contribution is 2.29. The second-order valence-electron chi connectivity index (χ2n) is 5.82. The van der Waals surface area contributed by atoms with Crippen molar-refractivity contribution < 1.29 is 4.79 Å². The van der Waals surface area contributed by atoms with Crippen LogP contribution in [0.15, 0.2) is 52.8 Å². The van der Waals surface area contributed by atoms with Crippen molar-refractivity contribution in [2.45, 2.75) is 24.5 Å². The third-order valence-corrected chi connectivity index (χ3v) is 5.85. The maximum absolute atomic E-state index is 12.1. The third-order valence-electron chi connectivity index (χ3n) is 3.99. The van der Waals surface area contributed by atoms with Crippen molar-refractivity contribution in [1.82, 2.24) is 25.0 Å². The Hall–Kier alpha value is -2.19. The molecule has 1 aromatic carbocycles. The molecule has 3 heterocycles. The summed E-state index contributed by atoms with van der Waals surface area (Å²) in [7, 11) is 0. The number of rotatable bonds is 4. The molecule has 2 aromatic rings. The summed E-state index contributed by atoms with van der Waals surface area (Å²) in [6.45, 7) is 4.01. The van der Waals surface area contributed by atoms with Gasteiger partial charge in [-0.2, -0.15) is 0 Å². The first-order valence-corrected chi connectivity index (χ1v) is 9.78. The van der Waals surface area contributed by atoms with Gasteiger partial charge >= 0.3 is 0 Å². The lowest BCUT2D eigenvalue weighted by Gasteiger charge is -2.29. The third kappa shape index (κ3) is 3.19. The van der Waals surface area contributed by atoms with Gasteiger partial charge in [-0.15, -0.1) is 10.2 Å². The van der Waals surface area contributed by atoms with E-state index in [9.17, 15) is 4.79 Å². The molecule has 0 unspecified atom stereocenters. The topological polar surface area (TPSA) is 63.1 Å². The Balaban J connectivity index is 1.52. The van der Waals surface area contributed by atoms with E-state index in [-0.39, 0.29) is 11.4 Å². The first kappa shape index (κ1) is 16.3. The second kappa shape index (κ2) is 6.61. The summed E-state index contributed by atoms with van der Waals surface area (Å²) in [6, 6.07) is 8.28.